The summed E-state index contributed by atoms with van der Waals surface area (Å²) in [6.07, 6.45) is 13.3. The SMILES string of the molecule is CC(C1(C)C=CC(O)=CC1)C1(C)C=CC(O)=CC1. The van der Waals surface area contributed by atoms with E-state index in [1.54, 1.807) is 12.2 Å². The monoisotopic (exact) mass is 246 g/mol. The smallest absolute Gasteiger partial charge is 0.111 e. The van der Waals surface area contributed by atoms with Crippen molar-refractivity contribution >= 4 is 0 Å². The molecule has 18 heavy (non-hydrogen) atoms. The van der Waals surface area contributed by atoms with Crippen molar-refractivity contribution in [2.75, 3.05) is 0 Å². The minimum atomic E-state index is 0.0477. The lowest BCUT2D eigenvalue weighted by atomic mass is 9.60. The van der Waals surface area contributed by atoms with Gasteiger partial charge in [-0.15, -0.1) is 0 Å². The normalized spacial score (nSPS) is 37.1. The van der Waals surface area contributed by atoms with Crippen molar-refractivity contribution in [3.63, 3.8) is 0 Å². The summed E-state index contributed by atoms with van der Waals surface area (Å²) in [5, 5.41) is 18.9. The highest BCUT2D eigenvalue weighted by molar-refractivity contribution is 5.26. The first-order chi connectivity index (χ1) is 8.36. The lowest BCUT2D eigenvalue weighted by Crippen LogP contribution is -2.36. The van der Waals surface area contributed by atoms with Crippen LogP contribution in [0.5, 0.6) is 0 Å². The number of hydrogen-bond donors (Lipinski definition) is 2. The zero-order chi connectivity index (χ0) is 13.4. The molecule has 2 unspecified atom stereocenters. The van der Waals surface area contributed by atoms with Crippen molar-refractivity contribution < 1.29 is 10.2 Å². The van der Waals surface area contributed by atoms with Gasteiger partial charge in [0, 0.05) is 0 Å². The second kappa shape index (κ2) is 4.34. The molecule has 0 amide bonds. The van der Waals surface area contributed by atoms with E-state index in [1.165, 1.54) is 0 Å². The van der Waals surface area contributed by atoms with Crippen LogP contribution in [0.2, 0.25) is 0 Å². The Morgan fingerprint density at radius 3 is 1.61 bits per heavy atom. The van der Waals surface area contributed by atoms with E-state index < -0.39 is 0 Å². The average Bonchev–Trinajstić information content (AvgIpc) is 2.36. The van der Waals surface area contributed by atoms with Crippen LogP contribution in [0.3, 0.4) is 0 Å². The maximum Gasteiger partial charge on any atom is 0.111 e. The second-order valence-electron chi connectivity index (χ2n) is 6.07. The van der Waals surface area contributed by atoms with Gasteiger partial charge in [-0.25, -0.2) is 0 Å². The van der Waals surface area contributed by atoms with Gasteiger partial charge in [0.2, 0.25) is 0 Å². The van der Waals surface area contributed by atoms with Crippen molar-refractivity contribution in [1.82, 2.24) is 0 Å². The van der Waals surface area contributed by atoms with Crippen LogP contribution in [0.15, 0.2) is 48.0 Å². The van der Waals surface area contributed by atoms with E-state index in [9.17, 15) is 10.2 Å². The molecule has 2 heteroatoms. The topological polar surface area (TPSA) is 40.5 Å². The van der Waals surface area contributed by atoms with Gasteiger partial charge in [-0.3, -0.25) is 0 Å². The number of allylic oxidation sites excluding steroid dienone is 6. The molecule has 2 atom stereocenters. The second-order valence-corrected chi connectivity index (χ2v) is 6.07. The molecule has 0 spiro atoms. The fourth-order valence-corrected chi connectivity index (χ4v) is 2.87. The number of aliphatic hydroxyl groups excluding tert-OH is 2. The van der Waals surface area contributed by atoms with Crippen LogP contribution in [-0.4, -0.2) is 10.2 Å². The molecule has 0 radical (unpaired) electrons. The summed E-state index contributed by atoms with van der Waals surface area (Å²) < 4.78 is 0. The molecule has 0 fully saturated rings. The molecule has 0 aromatic heterocycles. The summed E-state index contributed by atoms with van der Waals surface area (Å²) in [7, 11) is 0. The molecule has 2 rings (SSSR count). The molecule has 0 saturated carbocycles. The molecule has 0 bridgehead atoms. The van der Waals surface area contributed by atoms with Crippen molar-refractivity contribution in [3.05, 3.63) is 48.0 Å². The lowest BCUT2D eigenvalue weighted by Gasteiger charge is -2.44. The Kier molecular flexibility index (Phi) is 3.14. The summed E-state index contributed by atoms with van der Waals surface area (Å²) in [5.41, 5.74) is 0.0955. The first kappa shape index (κ1) is 13.0. The number of rotatable bonds is 2. The Balaban J connectivity index is 2.20. The summed E-state index contributed by atoms with van der Waals surface area (Å²) >= 11 is 0. The molecule has 98 valence electrons. The fraction of sp³-hybridized carbons (Fsp3) is 0.500. The number of aliphatic hydroxyl groups is 2. The van der Waals surface area contributed by atoms with Gasteiger partial charge in [0.25, 0.3) is 0 Å². The number of hydrogen-bond acceptors (Lipinski definition) is 2. The molecular weight excluding hydrogens is 224 g/mol. The first-order valence-electron chi connectivity index (χ1n) is 6.52. The zero-order valence-corrected chi connectivity index (χ0v) is 11.4. The fourth-order valence-electron chi connectivity index (χ4n) is 2.87. The maximum atomic E-state index is 9.45. The van der Waals surface area contributed by atoms with Gasteiger partial charge in [-0.05, 0) is 53.9 Å². The standard InChI is InChI=1S/C16H22O2/c1-12(15(2)8-4-13(17)5-9-15)16(3)10-6-14(18)7-11-16/h4-8,10,12,17-18H,9,11H2,1-3H3. The van der Waals surface area contributed by atoms with E-state index in [-0.39, 0.29) is 10.8 Å². The van der Waals surface area contributed by atoms with Crippen molar-refractivity contribution in [3.8, 4) is 0 Å². The summed E-state index contributed by atoms with van der Waals surface area (Å²) in [4.78, 5) is 0. The Morgan fingerprint density at radius 1 is 0.944 bits per heavy atom. The Labute approximate surface area is 109 Å². The van der Waals surface area contributed by atoms with Crippen LogP contribution in [0, 0.1) is 16.7 Å². The highest BCUT2D eigenvalue weighted by Crippen LogP contribution is 2.49. The van der Waals surface area contributed by atoms with E-state index >= 15 is 0 Å². The molecule has 0 heterocycles. The van der Waals surface area contributed by atoms with Crippen LogP contribution in [0.4, 0.5) is 0 Å². The Morgan fingerprint density at radius 2 is 1.33 bits per heavy atom. The Bertz CT molecular complexity index is 414. The third-order valence-corrected chi connectivity index (χ3v) is 4.75. The largest absolute Gasteiger partial charge is 0.508 e. The zero-order valence-electron chi connectivity index (χ0n) is 11.4. The predicted octanol–water partition coefficient (Wildman–Crippen LogP) is 4.44. The summed E-state index contributed by atoms with van der Waals surface area (Å²) in [5.74, 6) is 1.15. The highest BCUT2D eigenvalue weighted by Gasteiger charge is 2.40. The van der Waals surface area contributed by atoms with Gasteiger partial charge in [0.1, 0.15) is 11.5 Å². The van der Waals surface area contributed by atoms with Gasteiger partial charge in [-0.1, -0.05) is 32.9 Å². The van der Waals surface area contributed by atoms with E-state index in [0.717, 1.165) is 12.8 Å². The minimum absolute atomic E-state index is 0.0477. The van der Waals surface area contributed by atoms with Crippen LogP contribution in [0.25, 0.3) is 0 Å². The van der Waals surface area contributed by atoms with Gasteiger partial charge in [-0.2, -0.15) is 0 Å². The Hall–Kier alpha value is -1.44. The van der Waals surface area contributed by atoms with Gasteiger partial charge in [0.05, 0.1) is 0 Å². The molecule has 2 nitrogen and oxygen atoms in total. The molecular formula is C16H22O2. The minimum Gasteiger partial charge on any atom is -0.508 e. The van der Waals surface area contributed by atoms with E-state index in [1.807, 2.05) is 12.2 Å². The molecule has 2 aliphatic carbocycles. The van der Waals surface area contributed by atoms with Crippen molar-refractivity contribution in [2.45, 2.75) is 33.6 Å². The van der Waals surface area contributed by atoms with Crippen LogP contribution in [0.1, 0.15) is 33.6 Å². The molecule has 0 aliphatic heterocycles. The summed E-state index contributed by atoms with van der Waals surface area (Å²) in [6.45, 7) is 6.71. The third-order valence-electron chi connectivity index (χ3n) is 4.75. The molecule has 2 aliphatic rings. The van der Waals surface area contributed by atoms with Crippen LogP contribution >= 0.6 is 0 Å². The molecule has 0 aromatic carbocycles. The van der Waals surface area contributed by atoms with Gasteiger partial charge >= 0.3 is 0 Å². The van der Waals surface area contributed by atoms with Gasteiger partial charge < -0.3 is 10.2 Å². The van der Waals surface area contributed by atoms with E-state index in [2.05, 4.69) is 32.9 Å². The quantitative estimate of drug-likeness (QED) is 0.756. The summed E-state index contributed by atoms with van der Waals surface area (Å²) in [6, 6.07) is 0. The van der Waals surface area contributed by atoms with Crippen LogP contribution < -0.4 is 0 Å². The first-order valence-corrected chi connectivity index (χ1v) is 6.52. The molecule has 0 aromatic rings. The lowest BCUT2D eigenvalue weighted by molar-refractivity contribution is 0.136. The van der Waals surface area contributed by atoms with Crippen molar-refractivity contribution in [1.29, 1.82) is 0 Å². The average molecular weight is 246 g/mol. The highest BCUT2D eigenvalue weighted by atomic mass is 16.3. The van der Waals surface area contributed by atoms with E-state index in [0.29, 0.717) is 17.4 Å². The molecule has 0 saturated heterocycles. The third kappa shape index (κ3) is 2.24. The van der Waals surface area contributed by atoms with Crippen molar-refractivity contribution in [2.24, 2.45) is 16.7 Å². The van der Waals surface area contributed by atoms with Crippen LogP contribution in [-0.2, 0) is 0 Å². The maximum absolute atomic E-state index is 9.45. The molecule has 2 N–H and O–H groups in total. The van der Waals surface area contributed by atoms with E-state index in [4.69, 9.17) is 0 Å². The van der Waals surface area contributed by atoms with Gasteiger partial charge in [0.15, 0.2) is 0 Å². The predicted molar refractivity (Wildman–Crippen MR) is 74.3 cm³/mol.